The van der Waals surface area contributed by atoms with Crippen LogP contribution >= 0.6 is 17.0 Å². The summed E-state index contributed by atoms with van der Waals surface area (Å²) in [5, 5.41) is 0. The first-order valence-electron chi connectivity index (χ1n) is 10.9. The molecule has 39 heavy (non-hydrogen) atoms. The molecule has 2 atom stereocenters. The summed E-state index contributed by atoms with van der Waals surface area (Å²) in [5.41, 5.74) is 12.4. The van der Waals surface area contributed by atoms with Crippen molar-refractivity contribution in [3.63, 3.8) is 0 Å². The number of rotatable bonds is 1. The molecule has 2 unspecified atom stereocenters. The van der Waals surface area contributed by atoms with Crippen LogP contribution in [-0.4, -0.2) is 0 Å². The Morgan fingerprint density at radius 3 is 0.974 bits per heavy atom. The molecular formula is C33H51Cl4Zr2-5. The van der Waals surface area contributed by atoms with E-state index in [4.69, 9.17) is 17.0 Å². The van der Waals surface area contributed by atoms with Crippen molar-refractivity contribution in [3.05, 3.63) is 130 Å². The zero-order chi connectivity index (χ0) is 23.6. The van der Waals surface area contributed by atoms with E-state index in [-0.39, 0.29) is 88.2 Å². The van der Waals surface area contributed by atoms with Gasteiger partial charge in [-0.1, -0.05) is 25.0 Å². The molecule has 0 saturated carbocycles. The minimum Gasteiger partial charge on any atom is 2.00 e. The minimum atomic E-state index is -0.826. The van der Waals surface area contributed by atoms with Crippen LogP contribution in [0.4, 0.5) is 0 Å². The molecule has 0 nitrogen and oxygen atoms in total. The fourth-order valence-corrected chi connectivity index (χ4v) is 4.28. The van der Waals surface area contributed by atoms with Crippen LogP contribution < -0.4 is 24.8 Å². The van der Waals surface area contributed by atoms with Crippen molar-refractivity contribution in [1.29, 1.82) is 0 Å². The molecule has 0 N–H and O–H groups in total. The van der Waals surface area contributed by atoms with E-state index in [2.05, 4.69) is 79.7 Å². The SMILES string of the molecule is CC1=C(C)C(C)C(C2=C(C)C(C)=C(C)C2C)=C1C.[C-]1=CC=CC1.[C-]1=CC=CC1.[CH3-].[CH3-].[CH3-].[CH3-].[CH3-].[Cl-].[Cl-].[Cl][Zr+2][Cl].[Zr+2]. The van der Waals surface area contributed by atoms with Crippen molar-refractivity contribution >= 4 is 17.0 Å². The Morgan fingerprint density at radius 1 is 0.615 bits per heavy atom. The number of hydrogen-bond acceptors (Lipinski definition) is 0. The van der Waals surface area contributed by atoms with Crippen molar-refractivity contribution < 1.29 is 71.9 Å². The maximum absolute atomic E-state index is 4.93. The molecule has 0 radical (unpaired) electrons. The molecular weight excluding hydrogens is 721 g/mol. The van der Waals surface area contributed by atoms with Gasteiger partial charge in [-0.15, -0.1) is 12.8 Å². The zero-order valence-electron chi connectivity index (χ0n) is 26.5. The third kappa shape index (κ3) is 17.5. The summed E-state index contributed by atoms with van der Waals surface area (Å²) in [6, 6.07) is 0. The second kappa shape index (κ2) is 31.8. The van der Waals surface area contributed by atoms with Crippen molar-refractivity contribution in [2.75, 3.05) is 0 Å². The van der Waals surface area contributed by atoms with Crippen LogP contribution in [0.5, 0.6) is 0 Å². The monoisotopic (exact) mass is 767 g/mol. The van der Waals surface area contributed by atoms with Gasteiger partial charge < -0.3 is 61.9 Å². The summed E-state index contributed by atoms with van der Waals surface area (Å²) in [7, 11) is 9.87. The van der Waals surface area contributed by atoms with Crippen molar-refractivity contribution in [1.82, 2.24) is 0 Å². The topological polar surface area (TPSA) is 0 Å². The smallest absolute Gasteiger partial charge is 2.00 e. The van der Waals surface area contributed by atoms with E-state index in [1.165, 1.54) is 22.3 Å². The summed E-state index contributed by atoms with van der Waals surface area (Å²) >= 11 is -0.826. The van der Waals surface area contributed by atoms with E-state index in [0.717, 1.165) is 12.8 Å². The standard InChI is InChI=1S/C18H26.2C5H5.5CH3.4ClH.2Zr/c1-9-10(2)14(6)17(13(9)5)18-15(7)11(3)12(4)16(18)8;2*1-2-4-5-3-1;;;;;;;;;;;/h13,15H,1-8H3;2*1-3H,4H2;5*1H3;4*1H;;/q;7*-1;;;;;+2;+4/p-4. The van der Waals surface area contributed by atoms with Gasteiger partial charge in [0.05, 0.1) is 0 Å². The molecule has 0 aromatic carbocycles. The predicted molar refractivity (Wildman–Crippen MR) is 167 cm³/mol. The minimum absolute atomic E-state index is 0. The number of halogens is 4. The van der Waals surface area contributed by atoms with Gasteiger partial charge in [0, 0.05) is 11.8 Å². The Hall–Kier alpha value is 0.846. The molecule has 4 rings (SSSR count). The Bertz CT molecular complexity index is 793. The zero-order valence-corrected chi connectivity index (χ0v) is 34.5. The normalized spacial score (nSPS) is 18.3. The number of hydrogen-bond donors (Lipinski definition) is 0. The predicted octanol–water partition coefficient (Wildman–Crippen LogP) is 5.84. The first-order chi connectivity index (χ1) is 14.7. The van der Waals surface area contributed by atoms with Crippen LogP contribution in [0.2, 0.25) is 0 Å². The van der Waals surface area contributed by atoms with Gasteiger partial charge in [0.2, 0.25) is 0 Å². The molecule has 224 valence electrons. The Labute approximate surface area is 296 Å². The van der Waals surface area contributed by atoms with Gasteiger partial charge in [-0.25, -0.2) is 24.3 Å². The molecule has 4 aliphatic rings. The third-order valence-electron chi connectivity index (χ3n) is 6.74. The maximum Gasteiger partial charge on any atom is 2.00 e. The molecule has 0 bridgehead atoms. The van der Waals surface area contributed by atoms with Gasteiger partial charge >= 0.3 is 64.1 Å². The van der Waals surface area contributed by atoms with Gasteiger partial charge in [-0.05, 0) is 75.0 Å². The molecule has 4 aliphatic carbocycles. The quantitative estimate of drug-likeness (QED) is 0.295. The Morgan fingerprint density at radius 2 is 0.872 bits per heavy atom. The van der Waals surface area contributed by atoms with Crippen LogP contribution in [0.25, 0.3) is 0 Å². The Kier molecular flexibility index (Phi) is 48.3. The molecule has 0 saturated heterocycles. The first-order valence-corrected chi connectivity index (χ1v) is 17.2. The first kappa shape index (κ1) is 59.3. The third-order valence-corrected chi connectivity index (χ3v) is 6.74. The van der Waals surface area contributed by atoms with Gasteiger partial charge in [-0.2, -0.15) is 12.2 Å². The summed E-state index contributed by atoms with van der Waals surface area (Å²) in [5.74, 6) is 1.19. The van der Waals surface area contributed by atoms with E-state index in [1.807, 2.05) is 24.3 Å². The van der Waals surface area contributed by atoms with Gasteiger partial charge in [0.25, 0.3) is 0 Å². The van der Waals surface area contributed by atoms with Crippen LogP contribution in [0.15, 0.2) is 81.0 Å². The average molecular weight is 772 g/mol. The molecule has 0 fully saturated rings. The summed E-state index contributed by atoms with van der Waals surface area (Å²) < 4.78 is 0. The largest absolute Gasteiger partial charge is 2.00 e. The molecule has 0 aromatic heterocycles. The molecule has 0 heterocycles. The van der Waals surface area contributed by atoms with E-state index in [0.29, 0.717) is 11.8 Å². The van der Waals surface area contributed by atoms with E-state index >= 15 is 0 Å². The maximum atomic E-state index is 4.93. The fourth-order valence-electron chi connectivity index (χ4n) is 4.28. The average Bonchev–Trinajstić information content (AvgIpc) is 3.56. The molecule has 0 amide bonds. The van der Waals surface area contributed by atoms with E-state index < -0.39 is 20.8 Å². The van der Waals surface area contributed by atoms with Crippen LogP contribution in [0.1, 0.15) is 68.2 Å². The van der Waals surface area contributed by atoms with Crippen molar-refractivity contribution in [2.24, 2.45) is 11.8 Å². The van der Waals surface area contributed by atoms with E-state index in [9.17, 15) is 0 Å². The van der Waals surface area contributed by atoms with Crippen LogP contribution in [-0.2, 0) is 47.1 Å². The molecule has 6 heteroatoms. The molecule has 0 spiro atoms. The van der Waals surface area contributed by atoms with Crippen LogP contribution in [0, 0.1) is 61.1 Å². The summed E-state index contributed by atoms with van der Waals surface area (Å²) in [6.45, 7) is 18.5. The second-order valence-corrected chi connectivity index (χ2v) is 11.9. The summed E-state index contributed by atoms with van der Waals surface area (Å²) in [6.07, 6.45) is 20.0. The number of allylic oxidation sites excluding steroid dienone is 16. The molecule has 0 aliphatic heterocycles. The van der Waals surface area contributed by atoms with Crippen molar-refractivity contribution in [2.45, 2.75) is 68.2 Å². The van der Waals surface area contributed by atoms with Gasteiger partial charge in [0.15, 0.2) is 0 Å². The van der Waals surface area contributed by atoms with Gasteiger partial charge in [0.1, 0.15) is 0 Å². The second-order valence-electron chi connectivity index (χ2n) is 8.21. The molecule has 0 aromatic rings. The fraction of sp³-hybridized carbons (Fsp3) is 0.364. The Balaban J connectivity index is -0.0000000648. The summed E-state index contributed by atoms with van der Waals surface area (Å²) in [4.78, 5) is 0. The van der Waals surface area contributed by atoms with Crippen LogP contribution in [0.3, 0.4) is 0 Å². The van der Waals surface area contributed by atoms with Crippen molar-refractivity contribution in [3.8, 4) is 0 Å². The van der Waals surface area contributed by atoms with E-state index in [1.54, 1.807) is 22.3 Å². The van der Waals surface area contributed by atoms with Gasteiger partial charge in [-0.3, -0.25) is 12.2 Å².